The van der Waals surface area contributed by atoms with Gasteiger partial charge in [-0.2, -0.15) is 0 Å². The van der Waals surface area contributed by atoms with Gasteiger partial charge in [-0.25, -0.2) is 4.79 Å². The van der Waals surface area contributed by atoms with Gasteiger partial charge < -0.3 is 24.2 Å². The van der Waals surface area contributed by atoms with Gasteiger partial charge in [-0.1, -0.05) is 5.16 Å². The van der Waals surface area contributed by atoms with Crippen molar-refractivity contribution in [3.63, 3.8) is 0 Å². The number of amides is 2. The molecule has 2 fully saturated rings. The summed E-state index contributed by atoms with van der Waals surface area (Å²) in [4.78, 5) is 26.0. The molecule has 0 unspecified atom stereocenters. The molecule has 0 bridgehead atoms. The lowest BCUT2D eigenvalue weighted by Crippen LogP contribution is -2.57. The van der Waals surface area contributed by atoms with Crippen LogP contribution in [0.3, 0.4) is 0 Å². The maximum Gasteiger partial charge on any atom is 0.410 e. The minimum Gasteiger partial charge on any atom is -0.486 e. The first-order valence-corrected chi connectivity index (χ1v) is 10.6. The molecule has 8 heteroatoms. The van der Waals surface area contributed by atoms with E-state index in [1.165, 1.54) is 0 Å². The Kier molecular flexibility index (Phi) is 5.41. The average molecular weight is 428 g/mol. The maximum atomic E-state index is 12.2. The third-order valence-electron chi connectivity index (χ3n) is 5.29. The van der Waals surface area contributed by atoms with Crippen LogP contribution in [0.5, 0.6) is 5.75 Å². The summed E-state index contributed by atoms with van der Waals surface area (Å²) in [5.74, 6) is 1.50. The van der Waals surface area contributed by atoms with Crippen molar-refractivity contribution in [2.75, 3.05) is 18.4 Å². The minimum atomic E-state index is -0.528. The van der Waals surface area contributed by atoms with Crippen LogP contribution < -0.4 is 10.1 Å². The molecular formula is C23H29N3O5. The number of aromatic nitrogens is 1. The van der Waals surface area contributed by atoms with Crippen LogP contribution in [0.15, 0.2) is 22.7 Å². The fourth-order valence-corrected chi connectivity index (χ4v) is 3.53. The van der Waals surface area contributed by atoms with Gasteiger partial charge in [-0.15, -0.1) is 0 Å². The van der Waals surface area contributed by atoms with Gasteiger partial charge in [0.05, 0.1) is 24.3 Å². The zero-order chi connectivity index (χ0) is 22.3. The number of aryl methyl sites for hydroxylation is 2. The quantitative estimate of drug-likeness (QED) is 0.764. The number of ether oxygens (including phenoxy) is 2. The second kappa shape index (κ2) is 7.90. The van der Waals surface area contributed by atoms with E-state index in [9.17, 15) is 9.59 Å². The Morgan fingerprint density at radius 3 is 2.48 bits per heavy atom. The normalized spacial score (nSPS) is 16.6. The number of benzene rings is 1. The molecule has 1 aliphatic carbocycles. The molecule has 1 saturated heterocycles. The topological polar surface area (TPSA) is 93.9 Å². The van der Waals surface area contributed by atoms with E-state index in [1.807, 2.05) is 52.8 Å². The third kappa shape index (κ3) is 4.84. The summed E-state index contributed by atoms with van der Waals surface area (Å²) in [5.41, 5.74) is 2.59. The van der Waals surface area contributed by atoms with Gasteiger partial charge in [0.1, 0.15) is 23.2 Å². The van der Waals surface area contributed by atoms with Gasteiger partial charge in [0.15, 0.2) is 0 Å². The lowest BCUT2D eigenvalue weighted by Gasteiger charge is -2.39. The predicted molar refractivity (Wildman–Crippen MR) is 115 cm³/mol. The fraction of sp³-hybridized carbons (Fsp3) is 0.522. The molecule has 1 aromatic carbocycles. The van der Waals surface area contributed by atoms with Crippen LogP contribution in [0.4, 0.5) is 10.5 Å². The summed E-state index contributed by atoms with van der Waals surface area (Å²) in [6.07, 6.45) is 1.41. The number of carbonyl (C=O) groups excluding carboxylic acids is 2. The van der Waals surface area contributed by atoms with Crippen LogP contribution in [0.25, 0.3) is 11.1 Å². The molecule has 1 saturated carbocycles. The van der Waals surface area contributed by atoms with E-state index in [2.05, 4.69) is 10.5 Å². The molecule has 0 spiro atoms. The highest BCUT2D eigenvalue weighted by atomic mass is 16.6. The molecule has 1 aliphatic heterocycles. The predicted octanol–water partition coefficient (Wildman–Crippen LogP) is 4.31. The molecule has 2 aromatic rings. The minimum absolute atomic E-state index is 0.0466. The Morgan fingerprint density at radius 2 is 1.90 bits per heavy atom. The summed E-state index contributed by atoms with van der Waals surface area (Å²) in [6, 6.07) is 5.58. The van der Waals surface area contributed by atoms with Gasteiger partial charge in [0.25, 0.3) is 0 Å². The summed E-state index contributed by atoms with van der Waals surface area (Å²) >= 11 is 0. The van der Waals surface area contributed by atoms with E-state index in [0.29, 0.717) is 30.3 Å². The van der Waals surface area contributed by atoms with E-state index in [1.54, 1.807) is 4.90 Å². The number of carbonyl (C=O) groups is 2. The molecule has 1 aromatic heterocycles. The monoisotopic (exact) mass is 427 g/mol. The number of rotatable bonds is 5. The summed E-state index contributed by atoms with van der Waals surface area (Å²) < 4.78 is 17.0. The standard InChI is InChI=1S/C23H29N3O5/c1-13-20(14(2)31-25-13)18-10-16(24-21(27)15-6-7-15)8-9-19(18)29-17-11-26(12-17)22(28)30-23(3,4)5/h8-10,15,17H,6-7,11-12H2,1-5H3,(H,24,27). The number of nitrogens with zero attached hydrogens (tertiary/aromatic N) is 2. The number of hydrogen-bond donors (Lipinski definition) is 1. The average Bonchev–Trinajstić information content (AvgIpc) is 3.43. The molecule has 2 amide bonds. The van der Waals surface area contributed by atoms with Crippen LogP contribution in [0.1, 0.15) is 45.1 Å². The van der Waals surface area contributed by atoms with Crippen LogP contribution in [0, 0.1) is 19.8 Å². The van der Waals surface area contributed by atoms with Gasteiger partial charge in [0, 0.05) is 17.2 Å². The van der Waals surface area contributed by atoms with Crippen LogP contribution in [-0.4, -0.2) is 46.9 Å². The molecule has 0 radical (unpaired) electrons. The summed E-state index contributed by atoms with van der Waals surface area (Å²) in [5, 5.41) is 7.04. The van der Waals surface area contributed by atoms with E-state index in [-0.39, 0.29) is 24.0 Å². The molecule has 1 N–H and O–H groups in total. The molecule has 4 rings (SSSR count). The number of likely N-dealkylation sites (tertiary alicyclic amines) is 1. The highest BCUT2D eigenvalue weighted by Crippen LogP contribution is 2.38. The molecule has 8 nitrogen and oxygen atoms in total. The smallest absolute Gasteiger partial charge is 0.410 e. The van der Waals surface area contributed by atoms with E-state index >= 15 is 0 Å². The van der Waals surface area contributed by atoms with Crippen LogP contribution in [-0.2, 0) is 9.53 Å². The second-order valence-corrected chi connectivity index (χ2v) is 9.30. The highest BCUT2D eigenvalue weighted by Gasteiger charge is 2.36. The largest absolute Gasteiger partial charge is 0.486 e. The van der Waals surface area contributed by atoms with Crippen molar-refractivity contribution < 1.29 is 23.6 Å². The van der Waals surface area contributed by atoms with Crippen molar-refractivity contribution >= 4 is 17.7 Å². The Balaban J connectivity index is 1.51. The highest BCUT2D eigenvalue weighted by molar-refractivity contribution is 5.95. The Bertz CT molecular complexity index is 978. The number of hydrogen-bond acceptors (Lipinski definition) is 6. The molecule has 31 heavy (non-hydrogen) atoms. The van der Waals surface area contributed by atoms with Gasteiger partial charge in [0.2, 0.25) is 5.91 Å². The van der Waals surface area contributed by atoms with Crippen molar-refractivity contribution in [2.24, 2.45) is 5.92 Å². The van der Waals surface area contributed by atoms with Gasteiger partial charge in [-0.05, 0) is 65.7 Å². The molecule has 2 heterocycles. The second-order valence-electron chi connectivity index (χ2n) is 9.30. The number of nitrogens with one attached hydrogen (secondary N) is 1. The van der Waals surface area contributed by atoms with Crippen molar-refractivity contribution in [3.05, 3.63) is 29.7 Å². The lowest BCUT2D eigenvalue weighted by molar-refractivity contribution is -0.117. The SMILES string of the molecule is Cc1noc(C)c1-c1cc(NC(=O)C2CC2)ccc1OC1CN(C(=O)OC(C)(C)C)C1. The van der Waals surface area contributed by atoms with Crippen molar-refractivity contribution in [1.29, 1.82) is 0 Å². The summed E-state index contributed by atoms with van der Waals surface area (Å²) in [7, 11) is 0. The van der Waals surface area contributed by atoms with Gasteiger partial charge >= 0.3 is 6.09 Å². The number of anilines is 1. The molecular weight excluding hydrogens is 398 g/mol. The zero-order valence-corrected chi connectivity index (χ0v) is 18.7. The molecule has 166 valence electrons. The summed E-state index contributed by atoms with van der Waals surface area (Å²) in [6.45, 7) is 10.2. The van der Waals surface area contributed by atoms with Crippen molar-refractivity contribution in [2.45, 2.75) is 59.2 Å². The Labute approximate surface area is 181 Å². The van der Waals surface area contributed by atoms with E-state index < -0.39 is 5.60 Å². The van der Waals surface area contributed by atoms with Crippen molar-refractivity contribution in [3.8, 4) is 16.9 Å². The Hall–Kier alpha value is -3.03. The van der Waals surface area contributed by atoms with Gasteiger partial charge in [-0.3, -0.25) is 4.79 Å². The van der Waals surface area contributed by atoms with Crippen LogP contribution in [0.2, 0.25) is 0 Å². The van der Waals surface area contributed by atoms with Crippen LogP contribution >= 0.6 is 0 Å². The lowest BCUT2D eigenvalue weighted by atomic mass is 10.0. The molecule has 0 atom stereocenters. The first-order chi connectivity index (χ1) is 14.6. The zero-order valence-electron chi connectivity index (χ0n) is 18.7. The third-order valence-corrected chi connectivity index (χ3v) is 5.29. The van der Waals surface area contributed by atoms with Crippen molar-refractivity contribution in [1.82, 2.24) is 10.1 Å². The molecule has 2 aliphatic rings. The first kappa shape index (κ1) is 21.2. The maximum absolute atomic E-state index is 12.2. The van der Waals surface area contributed by atoms with E-state index in [0.717, 1.165) is 29.7 Å². The first-order valence-electron chi connectivity index (χ1n) is 10.6. The fourth-order valence-electron chi connectivity index (χ4n) is 3.53. The Morgan fingerprint density at radius 1 is 1.19 bits per heavy atom. The van der Waals surface area contributed by atoms with E-state index in [4.69, 9.17) is 14.0 Å².